The molecule has 0 amide bonds. The lowest BCUT2D eigenvalue weighted by Crippen LogP contribution is -2.46. The highest BCUT2D eigenvalue weighted by Gasteiger charge is 2.59. The van der Waals surface area contributed by atoms with Crippen LogP contribution in [0, 0.1) is 0 Å². The van der Waals surface area contributed by atoms with Crippen molar-refractivity contribution in [1.29, 1.82) is 0 Å². The Hall–Kier alpha value is -0.470. The maximum atomic E-state index is 13.0. The van der Waals surface area contributed by atoms with E-state index in [1.54, 1.807) is 6.92 Å². The number of halogens is 5. The van der Waals surface area contributed by atoms with Crippen molar-refractivity contribution in [1.82, 2.24) is 0 Å². The molecule has 0 aliphatic carbocycles. The molecule has 0 N–H and O–H groups in total. The third-order valence-electron chi connectivity index (χ3n) is 2.05. The molecule has 2 atom stereocenters. The second-order valence-electron chi connectivity index (χ2n) is 3.64. The van der Waals surface area contributed by atoms with Crippen LogP contribution in [-0.2, 0) is 14.4 Å². The van der Waals surface area contributed by atoms with E-state index in [-0.39, 0.29) is 21.5 Å². The fourth-order valence-corrected chi connectivity index (χ4v) is 0.936. The topological polar surface area (TPSA) is 27.7 Å². The molecule has 0 aromatic carbocycles. The van der Waals surface area contributed by atoms with E-state index in [9.17, 15) is 22.1 Å². The highest BCUT2D eigenvalue weighted by molar-refractivity contribution is 4.88. The summed E-state index contributed by atoms with van der Waals surface area (Å²) in [7, 11) is 0. The molecule has 1 saturated heterocycles. The van der Waals surface area contributed by atoms with Gasteiger partial charge in [-0.25, -0.2) is 17.6 Å². The predicted octanol–water partition coefficient (Wildman–Crippen LogP) is 4.22. The van der Waals surface area contributed by atoms with Gasteiger partial charge in [-0.2, -0.15) is 4.94 Å². The highest BCUT2D eigenvalue weighted by Crippen LogP contribution is 2.42. The van der Waals surface area contributed by atoms with E-state index >= 15 is 0 Å². The molecule has 3 nitrogen and oxygen atoms in total. The summed E-state index contributed by atoms with van der Waals surface area (Å²) in [5.41, 5.74) is 0. The SMILES string of the molecule is C.C.CC(F)(F)C1(C)OCC(F)(CF)O1.CCOF. The summed E-state index contributed by atoms with van der Waals surface area (Å²) < 4.78 is 69.4. The van der Waals surface area contributed by atoms with Gasteiger partial charge in [0.1, 0.15) is 6.61 Å². The molecule has 1 fully saturated rings. The average Bonchev–Trinajstić information content (AvgIpc) is 2.57. The average molecular weight is 298 g/mol. The summed E-state index contributed by atoms with van der Waals surface area (Å²) >= 11 is 0. The largest absolute Gasteiger partial charge is 0.339 e. The Bertz CT molecular complexity index is 235. The van der Waals surface area contributed by atoms with Gasteiger partial charge in [0.05, 0.1) is 6.61 Å². The maximum Gasteiger partial charge on any atom is 0.297 e. The van der Waals surface area contributed by atoms with Gasteiger partial charge in [-0.05, 0) is 18.4 Å². The molecule has 0 aromatic heterocycles. The molecule has 0 spiro atoms. The zero-order valence-electron chi connectivity index (χ0n) is 9.74. The molecule has 0 aromatic rings. The fourth-order valence-electron chi connectivity index (χ4n) is 0.936. The second kappa shape index (κ2) is 8.65. The van der Waals surface area contributed by atoms with Crippen molar-refractivity contribution < 1.29 is 36.5 Å². The lowest BCUT2D eigenvalue weighted by atomic mass is 10.2. The zero-order valence-corrected chi connectivity index (χ0v) is 9.74. The van der Waals surface area contributed by atoms with E-state index in [0.29, 0.717) is 6.92 Å². The molecule has 1 heterocycles. The van der Waals surface area contributed by atoms with Gasteiger partial charge in [-0.1, -0.05) is 14.9 Å². The minimum atomic E-state index is -3.38. The van der Waals surface area contributed by atoms with Crippen molar-refractivity contribution in [3.8, 4) is 0 Å². The standard InChI is InChI=1S/C7H10F4O2.C2H5FO.2CH4/c1-5(9,10)6(2)12-4-7(11,3-8)13-6;1-2-4-3;;/h3-4H2,1-2H3;2H2,1H3;2*1H4. The molecular formula is C11H23F5O3. The Morgan fingerprint density at radius 3 is 1.89 bits per heavy atom. The molecule has 1 aliphatic rings. The maximum absolute atomic E-state index is 13.0. The van der Waals surface area contributed by atoms with E-state index in [2.05, 4.69) is 14.4 Å². The van der Waals surface area contributed by atoms with Gasteiger partial charge in [-0.3, -0.25) is 0 Å². The molecule has 8 heteroatoms. The third kappa shape index (κ3) is 6.49. The number of ether oxygens (including phenoxy) is 2. The van der Waals surface area contributed by atoms with Gasteiger partial charge in [0.25, 0.3) is 11.8 Å². The fraction of sp³-hybridized carbons (Fsp3) is 1.00. The molecule has 0 radical (unpaired) electrons. The Kier molecular flexibility index (Phi) is 10.8. The van der Waals surface area contributed by atoms with Crippen molar-refractivity contribution in [2.45, 2.75) is 53.2 Å². The second-order valence-corrected chi connectivity index (χ2v) is 3.64. The van der Waals surface area contributed by atoms with Gasteiger partial charge in [-0.15, -0.1) is 0 Å². The van der Waals surface area contributed by atoms with E-state index in [1.165, 1.54) is 0 Å². The van der Waals surface area contributed by atoms with Crippen LogP contribution in [0.15, 0.2) is 0 Å². The van der Waals surface area contributed by atoms with Crippen LogP contribution in [0.2, 0.25) is 0 Å². The summed E-state index contributed by atoms with van der Waals surface area (Å²) in [6, 6.07) is 0. The highest BCUT2D eigenvalue weighted by atomic mass is 19.3. The van der Waals surface area contributed by atoms with Crippen LogP contribution in [0.3, 0.4) is 0 Å². The van der Waals surface area contributed by atoms with E-state index in [0.717, 1.165) is 6.92 Å². The van der Waals surface area contributed by atoms with Crippen LogP contribution in [0.4, 0.5) is 22.1 Å². The lowest BCUT2D eigenvalue weighted by Gasteiger charge is -2.29. The molecule has 1 aliphatic heterocycles. The first kappa shape index (κ1) is 23.6. The van der Waals surface area contributed by atoms with Crippen LogP contribution in [0.5, 0.6) is 0 Å². The van der Waals surface area contributed by atoms with Gasteiger partial charge < -0.3 is 9.47 Å². The number of alkyl halides is 4. The summed E-state index contributed by atoms with van der Waals surface area (Å²) in [5, 5.41) is 0. The Balaban J connectivity index is -0.000000379. The van der Waals surface area contributed by atoms with Gasteiger partial charge >= 0.3 is 0 Å². The molecule has 120 valence electrons. The third-order valence-corrected chi connectivity index (χ3v) is 2.05. The lowest BCUT2D eigenvalue weighted by molar-refractivity contribution is -0.303. The van der Waals surface area contributed by atoms with Gasteiger partial charge in [0.15, 0.2) is 6.67 Å². The predicted molar refractivity (Wildman–Crippen MR) is 62.1 cm³/mol. The van der Waals surface area contributed by atoms with Crippen molar-refractivity contribution >= 4 is 0 Å². The monoisotopic (exact) mass is 298 g/mol. The first-order valence-corrected chi connectivity index (χ1v) is 4.84. The van der Waals surface area contributed by atoms with Crippen molar-refractivity contribution in [3.63, 3.8) is 0 Å². The molecule has 0 saturated carbocycles. The van der Waals surface area contributed by atoms with E-state index in [4.69, 9.17) is 0 Å². The zero-order chi connectivity index (χ0) is 13.7. The van der Waals surface area contributed by atoms with E-state index in [1.807, 2.05) is 0 Å². The normalized spacial score (nSPS) is 29.7. The Morgan fingerprint density at radius 2 is 1.74 bits per heavy atom. The molecule has 2 unspecified atom stereocenters. The number of hydrogen-bond donors (Lipinski definition) is 0. The van der Waals surface area contributed by atoms with Crippen LogP contribution in [0.25, 0.3) is 0 Å². The number of rotatable bonds is 3. The van der Waals surface area contributed by atoms with Crippen LogP contribution >= 0.6 is 0 Å². The Morgan fingerprint density at radius 1 is 1.32 bits per heavy atom. The summed E-state index contributed by atoms with van der Waals surface area (Å²) in [4.78, 5) is 3.04. The summed E-state index contributed by atoms with van der Waals surface area (Å²) in [6.45, 7) is 0.822. The molecular weight excluding hydrogens is 275 g/mol. The van der Waals surface area contributed by atoms with Crippen molar-refractivity contribution in [2.24, 2.45) is 0 Å². The van der Waals surface area contributed by atoms with Crippen molar-refractivity contribution in [2.75, 3.05) is 19.9 Å². The minimum absolute atomic E-state index is 0. The van der Waals surface area contributed by atoms with E-state index < -0.39 is 30.8 Å². The van der Waals surface area contributed by atoms with Crippen LogP contribution in [0.1, 0.15) is 35.6 Å². The Labute approximate surface area is 110 Å². The van der Waals surface area contributed by atoms with Crippen LogP contribution in [-0.4, -0.2) is 37.5 Å². The number of hydrogen-bond acceptors (Lipinski definition) is 3. The minimum Gasteiger partial charge on any atom is -0.339 e. The van der Waals surface area contributed by atoms with Crippen molar-refractivity contribution in [3.05, 3.63) is 0 Å². The first-order chi connectivity index (χ1) is 7.64. The molecule has 1 rings (SSSR count). The van der Waals surface area contributed by atoms with Crippen LogP contribution < -0.4 is 0 Å². The van der Waals surface area contributed by atoms with Gasteiger partial charge in [0.2, 0.25) is 5.79 Å². The molecule has 0 bridgehead atoms. The smallest absolute Gasteiger partial charge is 0.297 e. The summed E-state index contributed by atoms with van der Waals surface area (Å²) in [6.07, 6.45) is 0. The molecule has 19 heavy (non-hydrogen) atoms. The van der Waals surface area contributed by atoms with Gasteiger partial charge in [0, 0.05) is 6.92 Å². The quantitative estimate of drug-likeness (QED) is 0.730. The summed E-state index contributed by atoms with van der Waals surface area (Å²) in [5.74, 6) is -8.50. The first-order valence-electron chi connectivity index (χ1n) is 4.84.